The molecule has 142 valence electrons. The van der Waals surface area contributed by atoms with Crippen LogP contribution in [0.25, 0.3) is 33.6 Å². The lowest BCUT2D eigenvalue weighted by atomic mass is 10.2. The number of rotatable bonds is 4. The summed E-state index contributed by atoms with van der Waals surface area (Å²) in [6.07, 6.45) is 0. The Balaban J connectivity index is 1.50. The lowest BCUT2D eigenvalue weighted by Crippen LogP contribution is -2.13. The van der Waals surface area contributed by atoms with E-state index in [-0.39, 0.29) is 5.91 Å². The molecule has 5 aromatic rings. The highest BCUT2D eigenvalue weighted by atomic mass is 16.5. The molecule has 3 heterocycles. The third kappa shape index (κ3) is 3.06. The molecule has 2 aromatic carbocycles. The van der Waals surface area contributed by atoms with Gasteiger partial charge in [0, 0.05) is 6.07 Å². The maximum Gasteiger partial charge on any atom is 0.260 e. The quantitative estimate of drug-likeness (QED) is 0.437. The number of aromatic amines is 2. The van der Waals surface area contributed by atoms with E-state index in [4.69, 9.17) is 4.74 Å². The van der Waals surface area contributed by atoms with E-state index in [9.17, 15) is 4.79 Å². The standard InChI is InChI=1S/C21H16N6O2/c1-29-17-11-5-10-16(22-17)19-23-15-9-4-6-12(18(15)26-19)20(28)27-21-24-13-7-2-3-8-14(13)25-21/h2-11H,1H3,(H,23,26)(H2,24,25,27,28). The number of carbonyl (C=O) groups is 1. The van der Waals surface area contributed by atoms with Crippen LogP contribution in [0.15, 0.2) is 60.7 Å². The van der Waals surface area contributed by atoms with Crippen LogP contribution in [0.2, 0.25) is 0 Å². The Hall–Kier alpha value is -4.20. The predicted molar refractivity (Wildman–Crippen MR) is 110 cm³/mol. The summed E-state index contributed by atoms with van der Waals surface area (Å²) >= 11 is 0. The highest BCUT2D eigenvalue weighted by molar-refractivity contribution is 6.11. The van der Waals surface area contributed by atoms with Gasteiger partial charge in [0.2, 0.25) is 11.8 Å². The van der Waals surface area contributed by atoms with Crippen LogP contribution < -0.4 is 10.1 Å². The Bertz CT molecular complexity index is 1320. The molecule has 8 nitrogen and oxygen atoms in total. The maximum absolute atomic E-state index is 12.9. The predicted octanol–water partition coefficient (Wildman–Crippen LogP) is 3.76. The second-order valence-corrected chi connectivity index (χ2v) is 6.41. The van der Waals surface area contributed by atoms with Crippen molar-refractivity contribution in [2.45, 2.75) is 0 Å². The van der Waals surface area contributed by atoms with E-state index < -0.39 is 0 Å². The van der Waals surface area contributed by atoms with Crippen molar-refractivity contribution in [2.75, 3.05) is 12.4 Å². The number of fused-ring (bicyclic) bond motifs is 2. The van der Waals surface area contributed by atoms with E-state index in [0.717, 1.165) is 16.6 Å². The molecule has 5 rings (SSSR count). The molecule has 0 aliphatic rings. The van der Waals surface area contributed by atoms with Gasteiger partial charge in [0.15, 0.2) is 5.82 Å². The first-order valence-corrected chi connectivity index (χ1v) is 8.97. The van der Waals surface area contributed by atoms with E-state index in [1.165, 1.54) is 0 Å². The molecule has 1 amide bonds. The SMILES string of the molecule is COc1cccc(-c2nc3c(C(=O)Nc4nc5ccccc5[nH]4)cccc3[nH]2)n1. The number of hydrogen-bond acceptors (Lipinski definition) is 5. The van der Waals surface area contributed by atoms with Gasteiger partial charge in [-0.25, -0.2) is 15.0 Å². The number of nitrogens with one attached hydrogen (secondary N) is 3. The number of aromatic nitrogens is 5. The summed E-state index contributed by atoms with van der Waals surface area (Å²) in [6.45, 7) is 0. The van der Waals surface area contributed by atoms with Crippen molar-refractivity contribution in [1.82, 2.24) is 24.9 Å². The zero-order valence-corrected chi connectivity index (χ0v) is 15.4. The second-order valence-electron chi connectivity index (χ2n) is 6.41. The van der Waals surface area contributed by atoms with Gasteiger partial charge in [-0.15, -0.1) is 0 Å². The first-order chi connectivity index (χ1) is 14.2. The number of methoxy groups -OCH3 is 1. The van der Waals surface area contributed by atoms with Gasteiger partial charge in [-0.1, -0.05) is 24.3 Å². The molecule has 3 N–H and O–H groups in total. The van der Waals surface area contributed by atoms with Crippen LogP contribution >= 0.6 is 0 Å². The van der Waals surface area contributed by atoms with Crippen molar-refractivity contribution < 1.29 is 9.53 Å². The van der Waals surface area contributed by atoms with E-state index in [0.29, 0.717) is 34.4 Å². The number of ether oxygens (including phenoxy) is 1. The number of nitrogens with zero attached hydrogens (tertiary/aromatic N) is 3. The lowest BCUT2D eigenvalue weighted by Gasteiger charge is -2.02. The Labute approximate surface area is 165 Å². The van der Waals surface area contributed by atoms with Gasteiger partial charge >= 0.3 is 0 Å². The Morgan fingerprint density at radius 3 is 2.59 bits per heavy atom. The number of benzene rings is 2. The van der Waals surface area contributed by atoms with Gasteiger partial charge in [0.1, 0.15) is 11.2 Å². The Morgan fingerprint density at radius 2 is 1.72 bits per heavy atom. The minimum absolute atomic E-state index is 0.300. The molecule has 0 aliphatic carbocycles. The average molecular weight is 384 g/mol. The van der Waals surface area contributed by atoms with Crippen LogP contribution in [0.3, 0.4) is 0 Å². The van der Waals surface area contributed by atoms with Crippen LogP contribution in [-0.2, 0) is 0 Å². The largest absolute Gasteiger partial charge is 0.481 e. The van der Waals surface area contributed by atoms with Crippen molar-refractivity contribution in [1.29, 1.82) is 0 Å². The van der Waals surface area contributed by atoms with Crippen LogP contribution in [0.1, 0.15) is 10.4 Å². The number of hydrogen-bond donors (Lipinski definition) is 3. The third-order valence-corrected chi connectivity index (χ3v) is 4.55. The normalized spacial score (nSPS) is 11.1. The molecule has 0 saturated carbocycles. The van der Waals surface area contributed by atoms with Crippen molar-refractivity contribution in [3.05, 3.63) is 66.2 Å². The monoisotopic (exact) mass is 384 g/mol. The van der Waals surface area contributed by atoms with E-state index in [1.807, 2.05) is 42.5 Å². The molecular formula is C21H16N6O2. The number of anilines is 1. The summed E-state index contributed by atoms with van der Waals surface area (Å²) < 4.78 is 5.18. The number of para-hydroxylation sites is 3. The van der Waals surface area contributed by atoms with Crippen molar-refractivity contribution in [2.24, 2.45) is 0 Å². The van der Waals surface area contributed by atoms with Crippen LogP contribution in [0.5, 0.6) is 5.88 Å². The highest BCUT2D eigenvalue weighted by Crippen LogP contribution is 2.24. The zero-order valence-electron chi connectivity index (χ0n) is 15.4. The van der Waals surface area contributed by atoms with Crippen molar-refractivity contribution >= 4 is 33.9 Å². The molecule has 0 radical (unpaired) electrons. The van der Waals surface area contributed by atoms with Gasteiger partial charge in [-0.2, -0.15) is 0 Å². The number of carbonyl (C=O) groups excluding carboxylic acids is 1. The van der Waals surface area contributed by atoms with Gasteiger partial charge in [-0.05, 0) is 30.3 Å². The number of amides is 1. The molecule has 8 heteroatoms. The number of imidazole rings is 2. The molecule has 0 bridgehead atoms. The average Bonchev–Trinajstić information content (AvgIpc) is 3.37. The highest BCUT2D eigenvalue weighted by Gasteiger charge is 2.16. The van der Waals surface area contributed by atoms with Gasteiger partial charge in [-0.3, -0.25) is 10.1 Å². The van der Waals surface area contributed by atoms with Crippen LogP contribution in [0, 0.1) is 0 Å². The van der Waals surface area contributed by atoms with Gasteiger partial charge in [0.05, 0.1) is 29.2 Å². The first-order valence-electron chi connectivity index (χ1n) is 8.97. The second kappa shape index (κ2) is 6.75. The molecule has 0 fully saturated rings. The molecule has 0 unspecified atom stereocenters. The fraction of sp³-hybridized carbons (Fsp3) is 0.0476. The summed E-state index contributed by atoms with van der Waals surface area (Å²) in [6, 6.07) is 18.4. The van der Waals surface area contributed by atoms with Gasteiger partial charge < -0.3 is 14.7 Å². The topological polar surface area (TPSA) is 109 Å². The molecule has 29 heavy (non-hydrogen) atoms. The fourth-order valence-corrected chi connectivity index (χ4v) is 3.18. The minimum Gasteiger partial charge on any atom is -0.481 e. The van der Waals surface area contributed by atoms with Gasteiger partial charge in [0.25, 0.3) is 5.91 Å². The molecule has 0 atom stereocenters. The van der Waals surface area contributed by atoms with E-state index >= 15 is 0 Å². The summed E-state index contributed by atoms with van der Waals surface area (Å²) in [5.74, 6) is 1.14. The summed E-state index contributed by atoms with van der Waals surface area (Å²) in [4.78, 5) is 32.6. The van der Waals surface area contributed by atoms with E-state index in [1.54, 1.807) is 25.3 Å². The third-order valence-electron chi connectivity index (χ3n) is 4.55. The van der Waals surface area contributed by atoms with Crippen molar-refractivity contribution in [3.63, 3.8) is 0 Å². The molecule has 0 aliphatic heterocycles. The first kappa shape index (κ1) is 16.9. The summed E-state index contributed by atoms with van der Waals surface area (Å²) in [5, 5.41) is 2.81. The van der Waals surface area contributed by atoms with Crippen LogP contribution in [0.4, 0.5) is 5.95 Å². The molecule has 0 saturated heterocycles. The Morgan fingerprint density at radius 1 is 0.897 bits per heavy atom. The maximum atomic E-state index is 12.9. The zero-order chi connectivity index (χ0) is 19.8. The van der Waals surface area contributed by atoms with Crippen LogP contribution in [-0.4, -0.2) is 37.9 Å². The molecule has 3 aromatic heterocycles. The minimum atomic E-state index is -0.300. The lowest BCUT2D eigenvalue weighted by molar-refractivity contribution is 0.102. The fourth-order valence-electron chi connectivity index (χ4n) is 3.18. The Kier molecular flexibility index (Phi) is 3.94. The molecular weight excluding hydrogens is 368 g/mol. The number of H-pyrrole nitrogens is 2. The smallest absolute Gasteiger partial charge is 0.260 e. The van der Waals surface area contributed by atoms with Crippen molar-refractivity contribution in [3.8, 4) is 17.4 Å². The van der Waals surface area contributed by atoms with E-state index in [2.05, 4.69) is 30.2 Å². The summed E-state index contributed by atoms with van der Waals surface area (Å²) in [5.41, 5.74) is 4.00. The summed E-state index contributed by atoms with van der Waals surface area (Å²) in [7, 11) is 1.56. The number of pyridine rings is 1. The molecule has 0 spiro atoms.